The fourth-order valence-electron chi connectivity index (χ4n) is 3.82. The molecule has 3 aromatic heterocycles. The number of aromatic nitrogens is 6. The molecule has 0 radical (unpaired) electrons. The first-order chi connectivity index (χ1) is 13.8. The average molecular weight is 374 g/mol. The minimum absolute atomic E-state index is 0.0197. The van der Waals surface area contributed by atoms with Crippen LogP contribution >= 0.6 is 0 Å². The van der Waals surface area contributed by atoms with E-state index in [-0.39, 0.29) is 6.04 Å². The first kappa shape index (κ1) is 17.1. The van der Waals surface area contributed by atoms with Crippen molar-refractivity contribution >= 4 is 11.0 Å². The third-order valence-corrected chi connectivity index (χ3v) is 5.40. The van der Waals surface area contributed by atoms with Crippen molar-refractivity contribution < 1.29 is 4.74 Å². The number of hydrogen-bond acceptors (Lipinski definition) is 5. The monoisotopic (exact) mass is 374 g/mol. The van der Waals surface area contributed by atoms with Crippen molar-refractivity contribution in [2.24, 2.45) is 0 Å². The summed E-state index contributed by atoms with van der Waals surface area (Å²) < 4.78 is 9.59. The Morgan fingerprint density at radius 3 is 2.79 bits per heavy atom. The van der Waals surface area contributed by atoms with Gasteiger partial charge in [-0.25, -0.2) is 14.6 Å². The standard InChI is InChI=1S/C21H22N6O/c1-15(26-14-23-18-6-2-3-7-19(18)26)21-24-20(16-8-11-28-12-9-16)25-27(21)17-5-4-10-22-13-17/h2-7,10,13-16H,8-9,11-12H2,1H3/t15-/m0/s1. The number of hydrogen-bond donors (Lipinski definition) is 0. The predicted octanol–water partition coefficient (Wildman–Crippen LogP) is 3.52. The van der Waals surface area contributed by atoms with Gasteiger partial charge in [0.25, 0.3) is 0 Å². The molecule has 4 heterocycles. The number of ether oxygens (including phenoxy) is 1. The number of imidazole rings is 1. The lowest BCUT2D eigenvalue weighted by atomic mass is 10.00. The van der Waals surface area contributed by atoms with Gasteiger partial charge in [-0.2, -0.15) is 5.10 Å². The number of fused-ring (bicyclic) bond motifs is 1. The summed E-state index contributed by atoms with van der Waals surface area (Å²) in [5.41, 5.74) is 2.98. The van der Waals surface area contributed by atoms with Crippen LogP contribution in [0.15, 0.2) is 55.1 Å². The maximum Gasteiger partial charge on any atom is 0.155 e. The number of rotatable bonds is 4. The molecular weight excluding hydrogens is 352 g/mol. The Morgan fingerprint density at radius 1 is 1.11 bits per heavy atom. The molecule has 142 valence electrons. The highest BCUT2D eigenvalue weighted by Crippen LogP contribution is 2.29. The van der Waals surface area contributed by atoms with E-state index < -0.39 is 0 Å². The molecule has 1 atom stereocenters. The predicted molar refractivity (Wildman–Crippen MR) is 105 cm³/mol. The zero-order valence-corrected chi connectivity index (χ0v) is 15.8. The molecule has 0 N–H and O–H groups in total. The highest BCUT2D eigenvalue weighted by Gasteiger charge is 2.26. The van der Waals surface area contributed by atoms with Crippen LogP contribution in [0.3, 0.4) is 0 Å². The van der Waals surface area contributed by atoms with Gasteiger partial charge in [0.05, 0.1) is 35.3 Å². The fraction of sp³-hybridized carbons (Fsp3) is 0.333. The second-order valence-electron chi connectivity index (χ2n) is 7.15. The van der Waals surface area contributed by atoms with Gasteiger partial charge in [0, 0.05) is 25.3 Å². The van der Waals surface area contributed by atoms with E-state index in [0.29, 0.717) is 5.92 Å². The summed E-state index contributed by atoms with van der Waals surface area (Å²) in [6.45, 7) is 3.67. The number of pyridine rings is 1. The molecule has 0 amide bonds. The van der Waals surface area contributed by atoms with Crippen molar-refractivity contribution in [3.63, 3.8) is 0 Å². The van der Waals surface area contributed by atoms with E-state index in [2.05, 4.69) is 27.5 Å². The quantitative estimate of drug-likeness (QED) is 0.547. The summed E-state index contributed by atoms with van der Waals surface area (Å²) in [5, 5.41) is 4.89. The lowest BCUT2D eigenvalue weighted by Crippen LogP contribution is -2.15. The normalized spacial score (nSPS) is 16.5. The van der Waals surface area contributed by atoms with Crippen molar-refractivity contribution in [2.75, 3.05) is 13.2 Å². The molecule has 1 fully saturated rings. The number of nitrogens with zero attached hydrogens (tertiary/aromatic N) is 6. The lowest BCUT2D eigenvalue weighted by Gasteiger charge is -2.18. The van der Waals surface area contributed by atoms with Crippen LogP contribution in [-0.2, 0) is 4.74 Å². The van der Waals surface area contributed by atoms with Gasteiger partial charge in [0.1, 0.15) is 0 Å². The molecule has 0 aliphatic carbocycles. The summed E-state index contributed by atoms with van der Waals surface area (Å²) in [4.78, 5) is 13.8. The van der Waals surface area contributed by atoms with Crippen LogP contribution in [-0.4, -0.2) is 42.5 Å². The maximum atomic E-state index is 5.51. The molecule has 5 rings (SSSR count). The van der Waals surface area contributed by atoms with Gasteiger partial charge in [0.2, 0.25) is 0 Å². The second-order valence-corrected chi connectivity index (χ2v) is 7.15. The number of benzene rings is 1. The van der Waals surface area contributed by atoms with E-state index in [9.17, 15) is 0 Å². The first-order valence-electron chi connectivity index (χ1n) is 9.68. The Hall–Kier alpha value is -3.06. The van der Waals surface area contributed by atoms with E-state index >= 15 is 0 Å². The minimum Gasteiger partial charge on any atom is -0.381 e. The minimum atomic E-state index is -0.0197. The molecule has 7 heteroatoms. The Bertz CT molecular complexity index is 1080. The summed E-state index contributed by atoms with van der Waals surface area (Å²) >= 11 is 0. The molecule has 1 aliphatic heterocycles. The fourth-order valence-corrected chi connectivity index (χ4v) is 3.82. The van der Waals surface area contributed by atoms with Crippen LogP contribution in [0.2, 0.25) is 0 Å². The van der Waals surface area contributed by atoms with Gasteiger partial charge in [-0.3, -0.25) is 4.98 Å². The van der Waals surface area contributed by atoms with Crippen LogP contribution in [0.1, 0.15) is 43.4 Å². The van der Waals surface area contributed by atoms with E-state index in [4.69, 9.17) is 14.8 Å². The van der Waals surface area contributed by atoms with Crippen molar-refractivity contribution in [1.29, 1.82) is 0 Å². The average Bonchev–Trinajstić information content (AvgIpc) is 3.40. The van der Waals surface area contributed by atoms with Crippen molar-refractivity contribution in [3.8, 4) is 5.69 Å². The van der Waals surface area contributed by atoms with E-state index in [1.807, 2.05) is 47.5 Å². The van der Waals surface area contributed by atoms with E-state index in [1.54, 1.807) is 6.20 Å². The Morgan fingerprint density at radius 2 is 1.96 bits per heavy atom. The molecule has 1 saturated heterocycles. The highest BCUT2D eigenvalue weighted by atomic mass is 16.5. The van der Waals surface area contributed by atoms with Gasteiger partial charge < -0.3 is 9.30 Å². The third-order valence-electron chi connectivity index (χ3n) is 5.40. The van der Waals surface area contributed by atoms with Crippen molar-refractivity contribution in [2.45, 2.75) is 31.7 Å². The molecule has 0 unspecified atom stereocenters. The molecule has 7 nitrogen and oxygen atoms in total. The molecular formula is C21H22N6O. The van der Waals surface area contributed by atoms with Crippen LogP contribution in [0.5, 0.6) is 0 Å². The largest absolute Gasteiger partial charge is 0.381 e. The zero-order chi connectivity index (χ0) is 18.9. The smallest absolute Gasteiger partial charge is 0.155 e. The van der Waals surface area contributed by atoms with Gasteiger partial charge in [-0.05, 0) is 44.0 Å². The van der Waals surface area contributed by atoms with Gasteiger partial charge in [-0.15, -0.1) is 0 Å². The lowest BCUT2D eigenvalue weighted by molar-refractivity contribution is 0.0836. The molecule has 4 aromatic rings. The maximum absolute atomic E-state index is 5.51. The summed E-state index contributed by atoms with van der Waals surface area (Å²) in [5.74, 6) is 2.10. The van der Waals surface area contributed by atoms with Crippen LogP contribution in [0.4, 0.5) is 0 Å². The highest BCUT2D eigenvalue weighted by molar-refractivity contribution is 5.75. The summed E-state index contributed by atoms with van der Waals surface area (Å²) in [6, 6.07) is 12.1. The van der Waals surface area contributed by atoms with Gasteiger partial charge in [-0.1, -0.05) is 12.1 Å². The van der Waals surface area contributed by atoms with Crippen LogP contribution < -0.4 is 0 Å². The van der Waals surface area contributed by atoms with Gasteiger partial charge >= 0.3 is 0 Å². The van der Waals surface area contributed by atoms with Crippen molar-refractivity contribution in [3.05, 3.63) is 66.8 Å². The number of para-hydroxylation sites is 2. The summed E-state index contributed by atoms with van der Waals surface area (Å²) in [7, 11) is 0. The van der Waals surface area contributed by atoms with Crippen LogP contribution in [0, 0.1) is 0 Å². The molecule has 1 aliphatic rings. The van der Waals surface area contributed by atoms with Gasteiger partial charge in [0.15, 0.2) is 11.6 Å². The Labute approximate surface area is 163 Å². The SMILES string of the molecule is C[C@@H](c1nc(C2CCOCC2)nn1-c1cccnc1)n1cnc2ccccc21. The van der Waals surface area contributed by atoms with Crippen LogP contribution in [0.25, 0.3) is 16.7 Å². The summed E-state index contributed by atoms with van der Waals surface area (Å²) in [6.07, 6.45) is 7.39. The first-order valence-corrected chi connectivity index (χ1v) is 9.68. The molecule has 1 aromatic carbocycles. The third kappa shape index (κ3) is 2.97. The second kappa shape index (κ2) is 7.16. The molecule has 0 bridgehead atoms. The Balaban J connectivity index is 1.61. The molecule has 0 spiro atoms. The van der Waals surface area contributed by atoms with E-state index in [0.717, 1.165) is 54.4 Å². The van der Waals surface area contributed by atoms with E-state index in [1.165, 1.54) is 0 Å². The molecule has 0 saturated carbocycles. The molecule has 28 heavy (non-hydrogen) atoms. The van der Waals surface area contributed by atoms with Crippen molar-refractivity contribution in [1.82, 2.24) is 29.3 Å². The topological polar surface area (TPSA) is 70.7 Å². The zero-order valence-electron chi connectivity index (χ0n) is 15.8. The Kier molecular flexibility index (Phi) is 4.37.